The van der Waals surface area contributed by atoms with Gasteiger partial charge in [-0.2, -0.15) is 4.98 Å². The second kappa shape index (κ2) is 10.6. The topological polar surface area (TPSA) is 61.7 Å². The lowest BCUT2D eigenvalue weighted by atomic mass is 9.81. The molecule has 3 aliphatic heterocycles. The van der Waals surface area contributed by atoms with Gasteiger partial charge in [-0.05, 0) is 51.1 Å². The van der Waals surface area contributed by atoms with Crippen LogP contribution in [0.25, 0.3) is 22.0 Å². The first-order valence-electron chi connectivity index (χ1n) is 14.2. The summed E-state index contributed by atoms with van der Waals surface area (Å²) in [5.41, 5.74) is 1.84. The van der Waals surface area contributed by atoms with Crippen molar-refractivity contribution in [3.8, 4) is 11.1 Å². The van der Waals surface area contributed by atoms with E-state index in [0.29, 0.717) is 36.5 Å². The van der Waals surface area contributed by atoms with Crippen LogP contribution in [0.5, 0.6) is 0 Å². The Hall–Kier alpha value is -2.95. The normalized spacial score (nSPS) is 21.9. The number of aryl methyl sites for hydroxylation is 1. The lowest BCUT2D eigenvalue weighted by Gasteiger charge is -2.49. The molecule has 2 fully saturated rings. The second-order valence-electron chi connectivity index (χ2n) is 12.0. The van der Waals surface area contributed by atoms with Crippen molar-refractivity contribution in [2.24, 2.45) is 5.41 Å². The summed E-state index contributed by atoms with van der Waals surface area (Å²) < 4.78 is 31.3. The molecule has 6 rings (SSSR count). The summed E-state index contributed by atoms with van der Waals surface area (Å²) in [4.78, 5) is 38.1. The number of anilines is 1. The molecular formula is C31H34ClF2N5O2S. The fraction of sp³-hybridized carbons (Fsp3) is 0.452. The molecule has 0 aliphatic carbocycles. The molecule has 0 bridgehead atoms. The molecule has 0 N–H and O–H groups in total. The van der Waals surface area contributed by atoms with Gasteiger partial charge in [0.1, 0.15) is 17.5 Å². The molecule has 7 nitrogen and oxygen atoms in total. The highest BCUT2D eigenvalue weighted by atomic mass is 35.5. The van der Waals surface area contributed by atoms with Gasteiger partial charge in [-0.3, -0.25) is 9.36 Å². The van der Waals surface area contributed by atoms with Crippen molar-refractivity contribution in [1.82, 2.24) is 19.4 Å². The standard InChI is InChI=1S/C31H34ClF2N5O2S/c1-6-25(40)39-18(4)11-37(12-19(39)5)29-21-8-17(3)26(20-9-22(32)24(34)10-23(20)33)28-27(21)38(30(41)35-29)15-31(16-42-28)13-36(7-2)14-31/h6,8-10,18-19H,1,7,11-16H2,2-5H3/t18-,19+. The van der Waals surface area contributed by atoms with Crippen LogP contribution in [-0.2, 0) is 11.3 Å². The van der Waals surface area contributed by atoms with Crippen LogP contribution in [0.1, 0.15) is 26.3 Å². The van der Waals surface area contributed by atoms with Gasteiger partial charge in [0.05, 0.1) is 10.5 Å². The van der Waals surface area contributed by atoms with E-state index in [1.807, 2.05) is 31.7 Å². The Morgan fingerprint density at radius 3 is 2.50 bits per heavy atom. The van der Waals surface area contributed by atoms with E-state index in [1.165, 1.54) is 12.1 Å². The van der Waals surface area contributed by atoms with Crippen molar-refractivity contribution in [2.75, 3.05) is 43.4 Å². The van der Waals surface area contributed by atoms with Gasteiger partial charge in [-0.25, -0.2) is 13.6 Å². The number of amides is 1. The van der Waals surface area contributed by atoms with Gasteiger partial charge in [0.15, 0.2) is 0 Å². The van der Waals surface area contributed by atoms with Crippen LogP contribution in [0.4, 0.5) is 14.6 Å². The second-order valence-corrected chi connectivity index (χ2v) is 13.4. The minimum atomic E-state index is -0.816. The van der Waals surface area contributed by atoms with E-state index >= 15 is 4.39 Å². The number of hydrogen-bond donors (Lipinski definition) is 0. The van der Waals surface area contributed by atoms with Gasteiger partial charge >= 0.3 is 5.69 Å². The lowest BCUT2D eigenvalue weighted by molar-refractivity contribution is -0.130. The first-order chi connectivity index (χ1) is 20.0. The summed E-state index contributed by atoms with van der Waals surface area (Å²) in [6.45, 7) is 15.8. The van der Waals surface area contributed by atoms with Crippen molar-refractivity contribution in [3.63, 3.8) is 0 Å². The van der Waals surface area contributed by atoms with Gasteiger partial charge in [0.2, 0.25) is 5.91 Å². The van der Waals surface area contributed by atoms with Gasteiger partial charge < -0.3 is 14.7 Å². The third-order valence-electron chi connectivity index (χ3n) is 8.90. The van der Waals surface area contributed by atoms with Crippen molar-refractivity contribution >= 4 is 46.0 Å². The van der Waals surface area contributed by atoms with Crippen molar-refractivity contribution < 1.29 is 13.6 Å². The number of carbonyl (C=O) groups excluding carboxylic acids is 1. The molecule has 0 saturated carbocycles. The molecule has 11 heteroatoms. The molecule has 2 atom stereocenters. The summed E-state index contributed by atoms with van der Waals surface area (Å²) in [6, 6.07) is 3.86. The van der Waals surface area contributed by atoms with Crippen LogP contribution in [-0.4, -0.2) is 75.8 Å². The van der Waals surface area contributed by atoms with E-state index in [2.05, 4.69) is 28.3 Å². The zero-order chi connectivity index (χ0) is 30.1. The third-order valence-corrected chi connectivity index (χ3v) is 10.6. The number of nitrogens with zero attached hydrogens (tertiary/aromatic N) is 5. The number of benzene rings is 2. The van der Waals surface area contributed by atoms with Gasteiger partial charge in [0, 0.05) is 83.5 Å². The zero-order valence-corrected chi connectivity index (χ0v) is 25.8. The van der Waals surface area contributed by atoms with Crippen molar-refractivity contribution in [2.45, 2.75) is 51.2 Å². The number of hydrogen-bond acceptors (Lipinski definition) is 6. The maximum Gasteiger partial charge on any atom is 0.350 e. The minimum absolute atomic E-state index is 0.122. The van der Waals surface area contributed by atoms with Crippen LogP contribution in [0.3, 0.4) is 0 Å². The Morgan fingerprint density at radius 2 is 1.86 bits per heavy atom. The smallest absolute Gasteiger partial charge is 0.350 e. The Labute approximate surface area is 253 Å². The van der Waals surface area contributed by atoms with E-state index < -0.39 is 11.6 Å². The van der Waals surface area contributed by atoms with Gasteiger partial charge in [-0.1, -0.05) is 25.1 Å². The number of carbonyl (C=O) groups is 1. The highest BCUT2D eigenvalue weighted by Gasteiger charge is 2.45. The molecule has 3 aliphatic rings. The fourth-order valence-electron chi connectivity index (χ4n) is 7.06. The molecule has 2 saturated heterocycles. The minimum Gasteiger partial charge on any atom is -0.352 e. The summed E-state index contributed by atoms with van der Waals surface area (Å²) in [6.07, 6.45) is 1.33. The molecular weight excluding hydrogens is 580 g/mol. The van der Waals surface area contributed by atoms with Crippen molar-refractivity contribution in [3.05, 3.63) is 63.6 Å². The summed E-state index contributed by atoms with van der Waals surface area (Å²) >= 11 is 7.78. The predicted octanol–water partition coefficient (Wildman–Crippen LogP) is 5.34. The first kappa shape index (κ1) is 29.1. The van der Waals surface area contributed by atoms with Crippen LogP contribution in [0, 0.1) is 24.0 Å². The number of piperazine rings is 1. The molecule has 0 unspecified atom stereocenters. The number of halogens is 3. The largest absolute Gasteiger partial charge is 0.352 e. The Morgan fingerprint density at radius 1 is 1.17 bits per heavy atom. The van der Waals surface area contributed by atoms with E-state index in [-0.39, 0.29) is 39.7 Å². The van der Waals surface area contributed by atoms with Crippen molar-refractivity contribution in [1.29, 1.82) is 0 Å². The highest BCUT2D eigenvalue weighted by molar-refractivity contribution is 7.99. The Bertz CT molecular complexity index is 1680. The fourth-order valence-corrected chi connectivity index (χ4v) is 8.72. The monoisotopic (exact) mass is 613 g/mol. The average molecular weight is 614 g/mol. The SMILES string of the molecule is C=CC(=O)N1[C@H](C)CN(c2nc(=O)n3c4c(c(-c5cc(Cl)c(F)cc5F)c(C)cc24)SCC2(CN(CC)C2)C3)C[C@@H]1C. The molecule has 4 heterocycles. The third kappa shape index (κ3) is 4.62. The first-order valence-corrected chi connectivity index (χ1v) is 15.6. The quantitative estimate of drug-likeness (QED) is 0.292. The average Bonchev–Trinajstić information content (AvgIpc) is 3.10. The number of likely N-dealkylation sites (tertiary alicyclic amines) is 1. The van der Waals surface area contributed by atoms with Gasteiger partial charge in [0.25, 0.3) is 0 Å². The maximum absolute atomic E-state index is 15.4. The van der Waals surface area contributed by atoms with Crippen LogP contribution in [0.2, 0.25) is 5.02 Å². The molecule has 3 aromatic rings. The molecule has 42 heavy (non-hydrogen) atoms. The molecule has 0 radical (unpaired) electrons. The number of aromatic nitrogens is 2. The van der Waals surface area contributed by atoms with E-state index in [0.717, 1.165) is 47.3 Å². The van der Waals surface area contributed by atoms with Crippen LogP contribution < -0.4 is 10.6 Å². The molecule has 1 amide bonds. The Balaban J connectivity index is 1.57. The summed E-state index contributed by atoms with van der Waals surface area (Å²) in [5.74, 6) is -0.337. The summed E-state index contributed by atoms with van der Waals surface area (Å²) in [7, 11) is 0. The van der Waals surface area contributed by atoms with E-state index in [1.54, 1.807) is 16.3 Å². The molecule has 222 valence electrons. The Kier molecular flexibility index (Phi) is 7.38. The van der Waals surface area contributed by atoms with E-state index in [9.17, 15) is 14.0 Å². The molecule has 1 spiro atoms. The van der Waals surface area contributed by atoms with Gasteiger partial charge in [-0.15, -0.1) is 11.8 Å². The van der Waals surface area contributed by atoms with E-state index in [4.69, 9.17) is 11.6 Å². The highest BCUT2D eigenvalue weighted by Crippen LogP contribution is 2.49. The zero-order valence-electron chi connectivity index (χ0n) is 24.2. The van der Waals surface area contributed by atoms with Crippen LogP contribution in [0.15, 0.2) is 40.5 Å². The lowest BCUT2D eigenvalue weighted by Crippen LogP contribution is -2.60. The maximum atomic E-state index is 15.4. The van der Waals surface area contributed by atoms with Crippen LogP contribution >= 0.6 is 23.4 Å². The molecule has 2 aromatic carbocycles. The predicted molar refractivity (Wildman–Crippen MR) is 165 cm³/mol. The number of rotatable bonds is 4. The number of thioether (sulfide) groups is 1. The molecule has 1 aromatic heterocycles. The summed E-state index contributed by atoms with van der Waals surface area (Å²) in [5, 5.41) is 0.645.